The van der Waals surface area contributed by atoms with Gasteiger partial charge in [0.1, 0.15) is 23.9 Å². The van der Waals surface area contributed by atoms with Crippen LogP contribution in [0.1, 0.15) is 56.3 Å². The summed E-state index contributed by atoms with van der Waals surface area (Å²) in [6.07, 6.45) is 4.49. The summed E-state index contributed by atoms with van der Waals surface area (Å²) in [7, 11) is 3.25. The number of nitrogens with zero attached hydrogens (tertiary/aromatic N) is 2. The summed E-state index contributed by atoms with van der Waals surface area (Å²) < 4.78 is 22.7. The summed E-state index contributed by atoms with van der Waals surface area (Å²) in [6, 6.07) is 14.5. The Morgan fingerprint density at radius 2 is 1.74 bits per heavy atom. The lowest BCUT2D eigenvalue weighted by Gasteiger charge is -2.33. The molecule has 2 aromatic rings. The number of hydrogen-bond donors (Lipinski definition) is 0. The van der Waals surface area contributed by atoms with E-state index >= 15 is 0 Å². The lowest BCUT2D eigenvalue weighted by atomic mass is 10.0. The minimum absolute atomic E-state index is 0.0558. The summed E-state index contributed by atoms with van der Waals surface area (Å²) >= 11 is 0. The van der Waals surface area contributed by atoms with Crippen LogP contribution in [0.3, 0.4) is 0 Å². The van der Waals surface area contributed by atoms with E-state index in [1.165, 1.54) is 0 Å². The van der Waals surface area contributed by atoms with Crippen LogP contribution in [-0.2, 0) is 9.53 Å². The van der Waals surface area contributed by atoms with Crippen LogP contribution in [0.4, 0.5) is 0 Å². The third-order valence-electron chi connectivity index (χ3n) is 6.89. The Kier molecular flexibility index (Phi) is 12.4. The highest BCUT2D eigenvalue weighted by molar-refractivity contribution is 5.97. The van der Waals surface area contributed by atoms with Crippen molar-refractivity contribution in [3.05, 3.63) is 54.1 Å². The first-order chi connectivity index (χ1) is 18.9. The third-order valence-corrected chi connectivity index (χ3v) is 6.89. The van der Waals surface area contributed by atoms with Crippen molar-refractivity contribution in [3.8, 4) is 17.2 Å². The fraction of sp³-hybridized carbons (Fsp3) is 0.548. The molecule has 0 aromatic heterocycles. The molecule has 3 rings (SSSR count). The van der Waals surface area contributed by atoms with Crippen LogP contribution in [0, 0.1) is 5.92 Å². The van der Waals surface area contributed by atoms with Crippen molar-refractivity contribution in [2.24, 2.45) is 5.92 Å². The van der Waals surface area contributed by atoms with Crippen molar-refractivity contribution in [1.82, 2.24) is 9.80 Å². The maximum Gasteiger partial charge on any atom is 0.260 e. The topological polar surface area (TPSA) is 77.5 Å². The molecular weight excluding hydrogens is 496 g/mol. The molecule has 0 saturated heterocycles. The number of benzene rings is 2. The van der Waals surface area contributed by atoms with E-state index < -0.39 is 0 Å². The quantitative estimate of drug-likeness (QED) is 0.443. The maximum absolute atomic E-state index is 13.5. The van der Waals surface area contributed by atoms with E-state index in [-0.39, 0.29) is 24.5 Å². The maximum atomic E-state index is 13.5. The van der Waals surface area contributed by atoms with Crippen LogP contribution < -0.4 is 14.2 Å². The van der Waals surface area contributed by atoms with Gasteiger partial charge in [-0.05, 0) is 49.4 Å². The molecule has 1 aliphatic rings. The number of hydrogen-bond acceptors (Lipinski definition) is 6. The number of amides is 2. The van der Waals surface area contributed by atoms with E-state index in [1.807, 2.05) is 52.3 Å². The number of fused-ring (bicyclic) bond motifs is 1. The molecular formula is C31H44N2O6. The predicted molar refractivity (Wildman–Crippen MR) is 152 cm³/mol. The van der Waals surface area contributed by atoms with Crippen LogP contribution in [0.5, 0.6) is 17.2 Å². The minimum Gasteiger partial charge on any atom is -0.497 e. The zero-order chi connectivity index (χ0) is 28.0. The first-order valence-electron chi connectivity index (χ1n) is 14.0. The van der Waals surface area contributed by atoms with E-state index in [0.717, 1.165) is 32.1 Å². The molecule has 0 spiro atoms. The van der Waals surface area contributed by atoms with E-state index in [1.54, 1.807) is 20.3 Å². The van der Waals surface area contributed by atoms with E-state index in [0.29, 0.717) is 61.6 Å². The number of ether oxygens (including phenoxy) is 4. The van der Waals surface area contributed by atoms with Crippen molar-refractivity contribution < 1.29 is 28.5 Å². The van der Waals surface area contributed by atoms with Gasteiger partial charge in [-0.25, -0.2) is 0 Å². The van der Waals surface area contributed by atoms with E-state index in [9.17, 15) is 9.59 Å². The SMILES string of the molecule is COCCN1CCCCCCN(C(=O)COc2cccc(OC)c2)[C@@H](CC(C)C)COc2ccccc2C1=O. The minimum atomic E-state index is -0.151. The van der Waals surface area contributed by atoms with Gasteiger partial charge in [-0.15, -0.1) is 0 Å². The van der Waals surface area contributed by atoms with E-state index in [4.69, 9.17) is 18.9 Å². The van der Waals surface area contributed by atoms with Crippen molar-refractivity contribution in [2.45, 2.75) is 52.0 Å². The van der Waals surface area contributed by atoms with Gasteiger partial charge >= 0.3 is 0 Å². The largest absolute Gasteiger partial charge is 0.497 e. The molecule has 8 heteroatoms. The Labute approximate surface area is 233 Å². The first kappa shape index (κ1) is 30.3. The average molecular weight is 541 g/mol. The van der Waals surface area contributed by atoms with Crippen LogP contribution in [0.2, 0.25) is 0 Å². The number of carbonyl (C=O) groups excluding carboxylic acids is 2. The zero-order valence-corrected chi connectivity index (χ0v) is 23.9. The van der Waals surface area contributed by atoms with E-state index in [2.05, 4.69) is 13.8 Å². The summed E-state index contributed by atoms with van der Waals surface area (Å²) in [5.74, 6) is 2.03. The summed E-state index contributed by atoms with van der Waals surface area (Å²) in [6.45, 7) is 6.84. The molecule has 214 valence electrons. The smallest absolute Gasteiger partial charge is 0.260 e. The van der Waals surface area contributed by atoms with Crippen molar-refractivity contribution in [3.63, 3.8) is 0 Å². The van der Waals surface area contributed by atoms with Crippen LogP contribution in [0.25, 0.3) is 0 Å². The molecule has 8 nitrogen and oxygen atoms in total. The molecule has 0 saturated carbocycles. The Hall–Kier alpha value is -3.26. The Morgan fingerprint density at radius 3 is 2.49 bits per heavy atom. The Balaban J connectivity index is 1.82. The fourth-order valence-electron chi connectivity index (χ4n) is 4.84. The average Bonchev–Trinajstić information content (AvgIpc) is 2.94. The fourth-order valence-corrected chi connectivity index (χ4v) is 4.84. The molecule has 0 unspecified atom stereocenters. The highest BCUT2D eigenvalue weighted by atomic mass is 16.5. The van der Waals surface area contributed by atoms with Gasteiger partial charge in [0.25, 0.3) is 11.8 Å². The van der Waals surface area contributed by atoms with Gasteiger partial charge < -0.3 is 28.7 Å². The molecule has 2 aromatic carbocycles. The van der Waals surface area contributed by atoms with Gasteiger partial charge in [0, 0.05) is 32.8 Å². The van der Waals surface area contributed by atoms with Crippen molar-refractivity contribution in [1.29, 1.82) is 0 Å². The Morgan fingerprint density at radius 1 is 1.00 bits per heavy atom. The molecule has 0 fully saturated rings. The number of methoxy groups -OCH3 is 2. The number of para-hydroxylation sites is 1. The highest BCUT2D eigenvalue weighted by Gasteiger charge is 2.27. The molecule has 1 atom stereocenters. The van der Waals surface area contributed by atoms with Gasteiger partial charge in [-0.3, -0.25) is 9.59 Å². The highest BCUT2D eigenvalue weighted by Crippen LogP contribution is 2.24. The van der Waals surface area contributed by atoms with Crippen molar-refractivity contribution in [2.75, 3.05) is 53.7 Å². The van der Waals surface area contributed by atoms with Gasteiger partial charge in [0.15, 0.2) is 6.61 Å². The second-order valence-corrected chi connectivity index (χ2v) is 10.3. The summed E-state index contributed by atoms with van der Waals surface area (Å²) in [5.41, 5.74) is 0.535. The third kappa shape index (κ3) is 9.46. The number of rotatable bonds is 9. The molecule has 0 bridgehead atoms. The molecule has 2 amide bonds. The molecule has 39 heavy (non-hydrogen) atoms. The van der Waals surface area contributed by atoms with Gasteiger partial charge in [-0.2, -0.15) is 0 Å². The van der Waals surface area contributed by atoms with Crippen LogP contribution in [-0.4, -0.2) is 81.3 Å². The molecule has 1 heterocycles. The second kappa shape index (κ2) is 16.0. The molecule has 1 aliphatic heterocycles. The Bertz CT molecular complexity index is 1040. The predicted octanol–water partition coefficient (Wildman–Crippen LogP) is 5.06. The lowest BCUT2D eigenvalue weighted by molar-refractivity contribution is -0.137. The normalized spacial score (nSPS) is 17.3. The zero-order valence-electron chi connectivity index (χ0n) is 23.9. The standard InChI is InChI=1S/C31H44N2O6/c1-24(2)20-25-22-39-29-15-8-7-14-28(29)31(35)32(18-19-36-3)16-9-5-6-10-17-33(25)30(34)23-38-27-13-11-12-26(21-27)37-4/h7-8,11-15,21,24-25H,5-6,9-10,16-20,22-23H2,1-4H3/t25-/m0/s1. The monoisotopic (exact) mass is 540 g/mol. The lowest BCUT2D eigenvalue weighted by Crippen LogP contribution is -2.47. The van der Waals surface area contributed by atoms with Gasteiger partial charge in [-0.1, -0.05) is 44.9 Å². The number of carbonyl (C=O) groups is 2. The molecule has 0 radical (unpaired) electrons. The first-order valence-corrected chi connectivity index (χ1v) is 14.0. The van der Waals surface area contributed by atoms with Crippen molar-refractivity contribution >= 4 is 11.8 Å². The van der Waals surface area contributed by atoms with Gasteiger partial charge in [0.05, 0.1) is 25.3 Å². The second-order valence-electron chi connectivity index (χ2n) is 10.3. The molecule has 0 N–H and O–H groups in total. The van der Waals surface area contributed by atoms with Crippen LogP contribution >= 0.6 is 0 Å². The van der Waals surface area contributed by atoms with Gasteiger partial charge in [0.2, 0.25) is 0 Å². The molecule has 0 aliphatic carbocycles. The summed E-state index contributed by atoms with van der Waals surface area (Å²) in [5, 5.41) is 0. The van der Waals surface area contributed by atoms with Crippen LogP contribution in [0.15, 0.2) is 48.5 Å². The summed E-state index contributed by atoms with van der Waals surface area (Å²) in [4.78, 5) is 30.8.